The number of thioether (sulfide) groups is 1. The fraction of sp³-hybridized carbons (Fsp3) is 0.421. The highest BCUT2D eigenvalue weighted by Gasteiger charge is 2.15. The van der Waals surface area contributed by atoms with E-state index in [1.54, 1.807) is 28.8 Å². The molecule has 152 valence electrons. The van der Waals surface area contributed by atoms with Crippen LogP contribution in [-0.2, 0) is 22.7 Å². The van der Waals surface area contributed by atoms with E-state index in [9.17, 15) is 14.7 Å². The number of hydrogen-bond acceptors (Lipinski definition) is 5. The molecule has 2 amide bonds. The van der Waals surface area contributed by atoms with Crippen molar-refractivity contribution in [1.82, 2.24) is 14.9 Å². The van der Waals surface area contributed by atoms with Crippen LogP contribution in [0.5, 0.6) is 0 Å². The van der Waals surface area contributed by atoms with E-state index in [4.69, 9.17) is 11.6 Å². The summed E-state index contributed by atoms with van der Waals surface area (Å²) in [6, 6.07) is 6.89. The minimum absolute atomic E-state index is 0.0479. The molecule has 0 aliphatic rings. The minimum Gasteiger partial charge on any atom is -0.390 e. The Kier molecular flexibility index (Phi) is 8.82. The number of nitrogens with zero attached hydrogens (tertiary/aromatic N) is 2. The maximum atomic E-state index is 12.2. The van der Waals surface area contributed by atoms with Gasteiger partial charge in [0.05, 0.1) is 24.3 Å². The lowest BCUT2D eigenvalue weighted by molar-refractivity contribution is -0.121. The number of anilines is 1. The predicted octanol–water partition coefficient (Wildman–Crippen LogP) is 2.92. The van der Waals surface area contributed by atoms with E-state index in [1.165, 1.54) is 18.0 Å². The highest BCUT2D eigenvalue weighted by atomic mass is 35.5. The molecule has 1 aromatic heterocycles. The van der Waals surface area contributed by atoms with E-state index in [0.29, 0.717) is 34.0 Å². The van der Waals surface area contributed by atoms with Gasteiger partial charge in [-0.15, -0.1) is 0 Å². The number of benzene rings is 1. The van der Waals surface area contributed by atoms with Crippen LogP contribution in [-0.4, -0.2) is 38.8 Å². The second kappa shape index (κ2) is 11.1. The van der Waals surface area contributed by atoms with Gasteiger partial charge >= 0.3 is 0 Å². The molecule has 9 heteroatoms. The number of aliphatic hydroxyl groups excluding tert-OH is 1. The summed E-state index contributed by atoms with van der Waals surface area (Å²) < 4.78 is 1.63. The number of aromatic nitrogens is 2. The Labute approximate surface area is 173 Å². The average molecular weight is 425 g/mol. The summed E-state index contributed by atoms with van der Waals surface area (Å²) in [6.45, 7) is 4.60. The summed E-state index contributed by atoms with van der Waals surface area (Å²) in [7, 11) is 0. The lowest BCUT2D eigenvalue weighted by Gasteiger charge is -2.12. The fourth-order valence-electron chi connectivity index (χ4n) is 2.40. The van der Waals surface area contributed by atoms with E-state index in [2.05, 4.69) is 29.5 Å². The normalized spacial score (nSPS) is 10.9. The van der Waals surface area contributed by atoms with Gasteiger partial charge in [-0.2, -0.15) is 0 Å². The van der Waals surface area contributed by atoms with Crippen LogP contribution in [0.2, 0.25) is 5.02 Å². The topological polar surface area (TPSA) is 96.2 Å². The van der Waals surface area contributed by atoms with Crippen molar-refractivity contribution in [2.75, 3.05) is 17.6 Å². The third-order valence-corrected chi connectivity index (χ3v) is 5.08. The first-order valence-corrected chi connectivity index (χ1v) is 10.4. The number of amides is 2. The van der Waals surface area contributed by atoms with Gasteiger partial charge in [0.1, 0.15) is 6.54 Å². The molecule has 0 aliphatic heterocycles. The van der Waals surface area contributed by atoms with Gasteiger partial charge in [0.25, 0.3) is 0 Å². The molecule has 7 nitrogen and oxygen atoms in total. The third kappa shape index (κ3) is 7.18. The lowest BCUT2D eigenvalue weighted by atomic mass is 10.1. The van der Waals surface area contributed by atoms with Crippen molar-refractivity contribution in [3.8, 4) is 0 Å². The van der Waals surface area contributed by atoms with Crippen LogP contribution in [0.4, 0.5) is 5.69 Å². The highest BCUT2D eigenvalue weighted by molar-refractivity contribution is 7.99. The van der Waals surface area contributed by atoms with Gasteiger partial charge in [-0.25, -0.2) is 4.98 Å². The Balaban J connectivity index is 1.93. The number of halogens is 1. The molecule has 2 rings (SSSR count). The zero-order chi connectivity index (χ0) is 20.5. The van der Waals surface area contributed by atoms with Crippen LogP contribution in [0.25, 0.3) is 0 Å². The minimum atomic E-state index is -0.235. The highest BCUT2D eigenvalue weighted by Crippen LogP contribution is 2.20. The van der Waals surface area contributed by atoms with E-state index in [1.807, 2.05) is 0 Å². The molecule has 0 radical (unpaired) electrons. The van der Waals surface area contributed by atoms with Crippen LogP contribution in [0.1, 0.15) is 26.0 Å². The standard InChI is InChI=1S/C19H25ClN4O3S/c1-13(2)6-7-21-17(26)10-24-16(11-25)9-22-19(24)28-12-18(27)23-15-5-3-4-14(20)8-15/h3-5,8-9,13,25H,6-7,10-12H2,1-2H3,(H,21,26)(H,23,27). The molecule has 28 heavy (non-hydrogen) atoms. The molecule has 2 aromatic rings. The van der Waals surface area contributed by atoms with Gasteiger partial charge in [-0.1, -0.05) is 43.3 Å². The Hall–Kier alpha value is -2.03. The molecule has 0 aliphatic carbocycles. The zero-order valence-electron chi connectivity index (χ0n) is 15.9. The first-order chi connectivity index (χ1) is 13.4. The molecule has 0 saturated carbocycles. The maximum Gasteiger partial charge on any atom is 0.240 e. The van der Waals surface area contributed by atoms with Gasteiger partial charge < -0.3 is 20.3 Å². The van der Waals surface area contributed by atoms with Gasteiger partial charge in [0, 0.05) is 17.3 Å². The van der Waals surface area contributed by atoms with Crippen molar-refractivity contribution in [3.05, 3.63) is 41.2 Å². The predicted molar refractivity (Wildman–Crippen MR) is 111 cm³/mol. The second-order valence-electron chi connectivity index (χ2n) is 6.66. The average Bonchev–Trinajstić information content (AvgIpc) is 3.01. The number of nitrogens with one attached hydrogen (secondary N) is 2. The van der Waals surface area contributed by atoms with Crippen molar-refractivity contribution in [3.63, 3.8) is 0 Å². The van der Waals surface area contributed by atoms with Gasteiger partial charge in [0.15, 0.2) is 5.16 Å². The van der Waals surface area contributed by atoms with Crippen molar-refractivity contribution < 1.29 is 14.7 Å². The monoisotopic (exact) mass is 424 g/mol. The third-order valence-electron chi connectivity index (χ3n) is 3.85. The van der Waals surface area contributed by atoms with E-state index in [0.717, 1.165) is 6.42 Å². The number of carbonyl (C=O) groups excluding carboxylic acids is 2. The van der Waals surface area contributed by atoms with Crippen LogP contribution < -0.4 is 10.6 Å². The molecular weight excluding hydrogens is 400 g/mol. The Bertz CT molecular complexity index is 810. The molecule has 0 atom stereocenters. The van der Waals surface area contributed by atoms with Crippen LogP contribution in [0.3, 0.4) is 0 Å². The molecule has 0 saturated heterocycles. The van der Waals surface area contributed by atoms with Crippen LogP contribution in [0.15, 0.2) is 35.6 Å². The quantitative estimate of drug-likeness (QED) is 0.509. The summed E-state index contributed by atoms with van der Waals surface area (Å²) in [5, 5.41) is 16.2. The van der Waals surface area contributed by atoms with E-state index in [-0.39, 0.29) is 30.7 Å². The molecule has 1 heterocycles. The van der Waals surface area contributed by atoms with E-state index >= 15 is 0 Å². The number of rotatable bonds is 10. The largest absolute Gasteiger partial charge is 0.390 e. The molecule has 0 spiro atoms. The first-order valence-electron chi connectivity index (χ1n) is 8.99. The smallest absolute Gasteiger partial charge is 0.240 e. The fourth-order valence-corrected chi connectivity index (χ4v) is 3.38. The Morgan fingerprint density at radius 1 is 1.32 bits per heavy atom. The molecule has 3 N–H and O–H groups in total. The number of carbonyl (C=O) groups is 2. The first kappa shape index (κ1) is 22.3. The number of imidazole rings is 1. The van der Waals surface area contributed by atoms with E-state index < -0.39 is 0 Å². The van der Waals surface area contributed by atoms with Crippen LogP contribution in [0, 0.1) is 5.92 Å². The Morgan fingerprint density at radius 2 is 2.11 bits per heavy atom. The van der Waals surface area contributed by atoms with Crippen molar-refractivity contribution in [2.24, 2.45) is 5.92 Å². The summed E-state index contributed by atoms with van der Waals surface area (Å²) in [4.78, 5) is 28.6. The van der Waals surface area contributed by atoms with Crippen molar-refractivity contribution in [1.29, 1.82) is 0 Å². The molecular formula is C19H25ClN4O3S. The van der Waals surface area contributed by atoms with Crippen molar-refractivity contribution >= 4 is 40.9 Å². The zero-order valence-corrected chi connectivity index (χ0v) is 17.5. The Morgan fingerprint density at radius 3 is 2.79 bits per heavy atom. The second-order valence-corrected chi connectivity index (χ2v) is 8.03. The molecule has 0 fully saturated rings. The summed E-state index contributed by atoms with van der Waals surface area (Å²) >= 11 is 7.11. The summed E-state index contributed by atoms with van der Waals surface area (Å²) in [5.41, 5.74) is 1.14. The van der Waals surface area contributed by atoms with Crippen molar-refractivity contribution in [2.45, 2.75) is 38.6 Å². The van der Waals surface area contributed by atoms with Gasteiger partial charge in [0.2, 0.25) is 11.8 Å². The SMILES string of the molecule is CC(C)CCNC(=O)Cn1c(CO)cnc1SCC(=O)Nc1cccc(Cl)c1. The maximum absolute atomic E-state index is 12.2. The summed E-state index contributed by atoms with van der Waals surface area (Å²) in [5.74, 6) is 0.251. The molecule has 0 bridgehead atoms. The molecule has 0 unspecified atom stereocenters. The summed E-state index contributed by atoms with van der Waals surface area (Å²) in [6.07, 6.45) is 2.41. The van der Waals surface area contributed by atoms with Gasteiger partial charge in [-0.05, 0) is 30.5 Å². The number of aliphatic hydroxyl groups is 1. The number of hydrogen-bond donors (Lipinski definition) is 3. The lowest BCUT2D eigenvalue weighted by Crippen LogP contribution is -2.30. The van der Waals surface area contributed by atoms with Crippen LogP contribution >= 0.6 is 23.4 Å². The van der Waals surface area contributed by atoms with Gasteiger partial charge in [-0.3, -0.25) is 9.59 Å². The molecule has 1 aromatic carbocycles.